The number of thiocarbonyl (C=S) groups is 1. The predicted octanol–water partition coefficient (Wildman–Crippen LogP) is 0.0777. The van der Waals surface area contributed by atoms with Crippen molar-refractivity contribution in [2.75, 3.05) is 26.9 Å². The monoisotopic (exact) mass is 220 g/mol. The minimum Gasteiger partial charge on any atom is -0.385 e. The van der Waals surface area contributed by atoms with Gasteiger partial charge in [0, 0.05) is 13.7 Å². The smallest absolute Gasteiger partial charge is 0.251 e. The molecule has 0 aromatic carbocycles. The summed E-state index contributed by atoms with van der Waals surface area (Å²) in [7, 11) is 1.57. The zero-order chi connectivity index (χ0) is 10.6. The first-order valence-corrected chi connectivity index (χ1v) is 4.78. The van der Waals surface area contributed by atoms with Crippen molar-refractivity contribution in [1.29, 1.82) is 0 Å². The van der Waals surface area contributed by atoms with E-state index < -0.39 is 6.67 Å². The summed E-state index contributed by atoms with van der Waals surface area (Å²) in [4.78, 5) is 12.8. The molecule has 1 N–H and O–H groups in total. The number of amides is 1. The topological polar surface area (TPSA) is 41.6 Å². The van der Waals surface area contributed by atoms with E-state index in [9.17, 15) is 9.18 Å². The van der Waals surface area contributed by atoms with Gasteiger partial charge in [0.15, 0.2) is 5.11 Å². The number of ether oxygens (including phenoxy) is 1. The van der Waals surface area contributed by atoms with E-state index in [1.807, 2.05) is 0 Å². The van der Waals surface area contributed by atoms with E-state index in [1.165, 1.54) is 4.90 Å². The van der Waals surface area contributed by atoms with Gasteiger partial charge in [0.2, 0.25) is 0 Å². The molecule has 1 amide bonds. The van der Waals surface area contributed by atoms with E-state index in [1.54, 1.807) is 7.11 Å². The van der Waals surface area contributed by atoms with Crippen LogP contribution in [0.4, 0.5) is 4.39 Å². The molecule has 14 heavy (non-hydrogen) atoms. The molecule has 1 atom stereocenters. The number of halogens is 1. The predicted molar refractivity (Wildman–Crippen MR) is 53.7 cm³/mol. The Morgan fingerprint density at radius 3 is 3.00 bits per heavy atom. The third-order valence-electron chi connectivity index (χ3n) is 2.03. The summed E-state index contributed by atoms with van der Waals surface area (Å²) in [6, 6.07) is -0.353. The standard InChI is InChI=1S/C8H13FN2O2S/c1-13-5-2-6-7(12)11(4-3-9)8(14)10-6/h6H,2-5H2,1H3,(H,10,14). The fraction of sp³-hybridized carbons (Fsp3) is 0.750. The number of hydrogen-bond donors (Lipinski definition) is 1. The minimum absolute atomic E-state index is 0.0359. The average molecular weight is 220 g/mol. The molecule has 1 saturated heterocycles. The summed E-state index contributed by atoms with van der Waals surface area (Å²) >= 11 is 4.90. The van der Waals surface area contributed by atoms with Gasteiger partial charge in [0.1, 0.15) is 12.7 Å². The molecule has 1 aliphatic heterocycles. The number of nitrogens with one attached hydrogen (secondary N) is 1. The Hall–Kier alpha value is -0.750. The average Bonchev–Trinajstić information content (AvgIpc) is 2.43. The second kappa shape index (κ2) is 5.21. The van der Waals surface area contributed by atoms with Gasteiger partial charge >= 0.3 is 0 Å². The van der Waals surface area contributed by atoms with Crippen LogP contribution in [0.1, 0.15) is 6.42 Å². The maximum absolute atomic E-state index is 12.1. The van der Waals surface area contributed by atoms with Gasteiger partial charge in [-0.15, -0.1) is 0 Å². The highest BCUT2D eigenvalue weighted by Crippen LogP contribution is 2.09. The molecule has 1 unspecified atom stereocenters. The lowest BCUT2D eigenvalue weighted by molar-refractivity contribution is -0.127. The Morgan fingerprint density at radius 1 is 1.71 bits per heavy atom. The van der Waals surface area contributed by atoms with Crippen molar-refractivity contribution in [3.05, 3.63) is 0 Å². The van der Waals surface area contributed by atoms with Crippen molar-refractivity contribution in [2.24, 2.45) is 0 Å². The molecule has 0 aromatic rings. The SMILES string of the molecule is COCCC1NC(=S)N(CCF)C1=O. The highest BCUT2D eigenvalue weighted by Gasteiger charge is 2.34. The zero-order valence-corrected chi connectivity index (χ0v) is 8.77. The number of hydrogen-bond acceptors (Lipinski definition) is 3. The summed E-state index contributed by atoms with van der Waals surface area (Å²) < 4.78 is 16.9. The van der Waals surface area contributed by atoms with Crippen molar-refractivity contribution >= 4 is 23.2 Å². The highest BCUT2D eigenvalue weighted by atomic mass is 32.1. The van der Waals surface area contributed by atoms with Crippen LogP contribution in [0.3, 0.4) is 0 Å². The maximum Gasteiger partial charge on any atom is 0.251 e. The van der Waals surface area contributed by atoms with Crippen LogP contribution < -0.4 is 5.32 Å². The number of alkyl halides is 1. The van der Waals surface area contributed by atoms with Gasteiger partial charge < -0.3 is 10.1 Å². The minimum atomic E-state index is -0.579. The number of rotatable bonds is 5. The third kappa shape index (κ3) is 2.39. The molecule has 80 valence electrons. The highest BCUT2D eigenvalue weighted by molar-refractivity contribution is 7.80. The Labute approximate surface area is 87.4 Å². The van der Waals surface area contributed by atoms with Gasteiger partial charge in [-0.1, -0.05) is 0 Å². The van der Waals surface area contributed by atoms with Crippen molar-refractivity contribution in [1.82, 2.24) is 10.2 Å². The van der Waals surface area contributed by atoms with Crippen molar-refractivity contribution < 1.29 is 13.9 Å². The largest absolute Gasteiger partial charge is 0.385 e. The molecule has 0 aromatic heterocycles. The fourth-order valence-electron chi connectivity index (χ4n) is 1.30. The van der Waals surface area contributed by atoms with Gasteiger partial charge in [-0.3, -0.25) is 9.69 Å². The van der Waals surface area contributed by atoms with Crippen LogP contribution in [0, 0.1) is 0 Å². The maximum atomic E-state index is 12.1. The van der Waals surface area contributed by atoms with Crippen molar-refractivity contribution in [3.8, 4) is 0 Å². The first-order valence-electron chi connectivity index (χ1n) is 4.37. The molecule has 1 aliphatic rings. The molecular weight excluding hydrogens is 207 g/mol. The van der Waals surface area contributed by atoms with Crippen LogP contribution in [0.2, 0.25) is 0 Å². The normalized spacial score (nSPS) is 21.6. The number of nitrogens with zero attached hydrogens (tertiary/aromatic N) is 1. The molecule has 0 bridgehead atoms. The molecule has 0 saturated carbocycles. The van der Waals surface area contributed by atoms with Gasteiger partial charge in [0.25, 0.3) is 5.91 Å². The summed E-state index contributed by atoms with van der Waals surface area (Å²) in [6.07, 6.45) is 0.554. The second-order valence-corrected chi connectivity index (χ2v) is 3.35. The molecule has 1 fully saturated rings. The van der Waals surface area contributed by atoms with E-state index in [4.69, 9.17) is 17.0 Å². The summed E-state index contributed by atoms with van der Waals surface area (Å²) in [5.74, 6) is -0.162. The molecule has 0 aliphatic carbocycles. The summed E-state index contributed by atoms with van der Waals surface area (Å²) in [6.45, 7) is -0.0613. The van der Waals surface area contributed by atoms with Crippen molar-refractivity contribution in [2.45, 2.75) is 12.5 Å². The lowest BCUT2D eigenvalue weighted by Crippen LogP contribution is -2.33. The molecule has 0 spiro atoms. The van der Waals surface area contributed by atoms with Crippen LogP contribution in [0.15, 0.2) is 0 Å². The van der Waals surface area contributed by atoms with Gasteiger partial charge in [-0.2, -0.15) is 0 Å². The van der Waals surface area contributed by atoms with Gasteiger partial charge in [0.05, 0.1) is 6.54 Å². The Balaban J connectivity index is 2.51. The number of carbonyl (C=O) groups is 1. The Morgan fingerprint density at radius 2 is 2.43 bits per heavy atom. The Bertz CT molecular complexity index is 237. The second-order valence-electron chi connectivity index (χ2n) is 2.96. The quantitative estimate of drug-likeness (QED) is 0.666. The summed E-state index contributed by atoms with van der Waals surface area (Å²) in [5.41, 5.74) is 0. The first-order chi connectivity index (χ1) is 6.70. The number of carbonyl (C=O) groups excluding carboxylic acids is 1. The van der Waals surface area contributed by atoms with E-state index in [0.29, 0.717) is 18.1 Å². The van der Waals surface area contributed by atoms with Gasteiger partial charge in [-0.05, 0) is 18.6 Å². The van der Waals surface area contributed by atoms with Crippen LogP contribution in [0.5, 0.6) is 0 Å². The van der Waals surface area contributed by atoms with Gasteiger partial charge in [-0.25, -0.2) is 4.39 Å². The molecule has 4 nitrogen and oxygen atoms in total. The molecule has 1 rings (SSSR count). The molecular formula is C8H13FN2O2S. The lowest BCUT2D eigenvalue weighted by Gasteiger charge is -2.11. The summed E-state index contributed by atoms with van der Waals surface area (Å²) in [5, 5.41) is 3.15. The van der Waals surface area contributed by atoms with E-state index in [2.05, 4.69) is 5.32 Å². The fourth-order valence-corrected chi connectivity index (χ4v) is 1.63. The van der Waals surface area contributed by atoms with E-state index in [0.717, 1.165) is 0 Å². The third-order valence-corrected chi connectivity index (χ3v) is 2.36. The Kier molecular flexibility index (Phi) is 4.21. The van der Waals surface area contributed by atoms with Crippen LogP contribution in [-0.2, 0) is 9.53 Å². The lowest BCUT2D eigenvalue weighted by atomic mass is 10.2. The van der Waals surface area contributed by atoms with Crippen LogP contribution >= 0.6 is 12.2 Å². The molecule has 1 heterocycles. The molecule has 6 heteroatoms. The number of methoxy groups -OCH3 is 1. The zero-order valence-electron chi connectivity index (χ0n) is 7.96. The molecule has 0 radical (unpaired) electrons. The van der Waals surface area contributed by atoms with Crippen LogP contribution in [-0.4, -0.2) is 48.9 Å². The van der Waals surface area contributed by atoms with E-state index >= 15 is 0 Å². The first kappa shape index (κ1) is 11.3. The van der Waals surface area contributed by atoms with E-state index in [-0.39, 0.29) is 18.5 Å². The van der Waals surface area contributed by atoms with Crippen LogP contribution in [0.25, 0.3) is 0 Å². The van der Waals surface area contributed by atoms with Crippen molar-refractivity contribution in [3.63, 3.8) is 0 Å².